The molecule has 0 saturated heterocycles. The molecule has 33 heavy (non-hydrogen) atoms. The van der Waals surface area contributed by atoms with Gasteiger partial charge in [-0.25, -0.2) is 0 Å². The lowest BCUT2D eigenvalue weighted by molar-refractivity contribution is -0.118. The maximum atomic E-state index is 13.4. The maximum Gasteiger partial charge on any atom is 0.163 e. The Labute approximate surface area is 193 Å². The molecule has 1 aliphatic heterocycles. The van der Waals surface area contributed by atoms with Gasteiger partial charge in [-0.3, -0.25) is 9.59 Å². The van der Waals surface area contributed by atoms with Crippen LogP contribution in [0.15, 0.2) is 83.3 Å². The van der Waals surface area contributed by atoms with Crippen LogP contribution in [0.1, 0.15) is 56.2 Å². The minimum atomic E-state index is -0.354. The normalized spacial score (nSPS) is 22.9. The summed E-state index contributed by atoms with van der Waals surface area (Å²) in [6.45, 7) is 2.79. The number of allylic oxidation sites excluding steroid dienone is 4. The molecule has 0 radical (unpaired) electrons. The van der Waals surface area contributed by atoms with Crippen molar-refractivity contribution in [2.45, 2.75) is 51.5 Å². The molecule has 0 amide bonds. The molecule has 1 aromatic heterocycles. The molecule has 2 aliphatic carbocycles. The van der Waals surface area contributed by atoms with Crippen molar-refractivity contribution in [1.82, 2.24) is 4.57 Å². The lowest BCUT2D eigenvalue weighted by Crippen LogP contribution is -2.33. The number of aromatic nitrogens is 1. The molecule has 0 bridgehead atoms. The third kappa shape index (κ3) is 3.36. The first-order chi connectivity index (χ1) is 16.1. The molecule has 4 nitrogen and oxygen atoms in total. The fourth-order valence-electron chi connectivity index (χ4n) is 5.76. The fraction of sp³-hybridized carbons (Fsp3) is 0.310. The Morgan fingerprint density at radius 1 is 0.879 bits per heavy atom. The van der Waals surface area contributed by atoms with Gasteiger partial charge in [-0.2, -0.15) is 0 Å². The van der Waals surface area contributed by atoms with E-state index in [1.165, 1.54) is 5.56 Å². The van der Waals surface area contributed by atoms with Gasteiger partial charge in [0.05, 0.1) is 5.92 Å². The number of fused-ring (bicyclic) bond motifs is 1. The molecule has 4 heteroatoms. The number of para-hydroxylation sites is 1. The summed E-state index contributed by atoms with van der Waals surface area (Å²) in [7, 11) is 0. The Balaban J connectivity index is 1.60. The molecule has 2 atom stereocenters. The molecule has 0 fully saturated rings. The first-order valence-corrected chi connectivity index (χ1v) is 11.9. The third-order valence-corrected chi connectivity index (χ3v) is 7.22. The Bertz CT molecular complexity index is 1340. The van der Waals surface area contributed by atoms with Gasteiger partial charge in [-0.05, 0) is 35.4 Å². The van der Waals surface area contributed by atoms with Gasteiger partial charge in [-0.15, -0.1) is 0 Å². The largest absolute Gasteiger partial charge is 0.465 e. The van der Waals surface area contributed by atoms with Crippen molar-refractivity contribution in [3.8, 4) is 0 Å². The van der Waals surface area contributed by atoms with E-state index in [0.717, 1.165) is 47.4 Å². The maximum absolute atomic E-state index is 13.4. The zero-order chi connectivity index (χ0) is 22.5. The highest BCUT2D eigenvalue weighted by atomic mass is 16.5. The number of rotatable bonds is 3. The molecule has 2 heterocycles. The Kier molecular flexibility index (Phi) is 4.83. The molecule has 6 rings (SSSR count). The number of benzene rings is 2. The topological polar surface area (TPSA) is 48.3 Å². The van der Waals surface area contributed by atoms with Crippen LogP contribution >= 0.6 is 0 Å². The standard InChI is InChI=1S/C29H27NO3/c1-18-14-24(32)29-26(15-18)33-25-13-7-12-23(31)28(25)27(29)22-16-20-10-5-6-11-21(20)30(22)17-19-8-3-2-4-9-19/h2-6,8-11,16,18,27H,7,12-15,17H2,1H3. The summed E-state index contributed by atoms with van der Waals surface area (Å²) < 4.78 is 8.59. The Morgan fingerprint density at radius 2 is 1.64 bits per heavy atom. The lowest BCUT2D eigenvalue weighted by Gasteiger charge is -2.37. The van der Waals surface area contributed by atoms with Crippen LogP contribution in [0, 0.1) is 5.92 Å². The second kappa shape index (κ2) is 7.87. The van der Waals surface area contributed by atoms with E-state index >= 15 is 0 Å². The number of ketones is 2. The van der Waals surface area contributed by atoms with E-state index in [-0.39, 0.29) is 23.4 Å². The number of nitrogens with zero attached hydrogens (tertiary/aromatic N) is 1. The summed E-state index contributed by atoms with van der Waals surface area (Å²) in [5.74, 6) is 1.72. The molecule has 2 aromatic carbocycles. The number of ether oxygens (including phenoxy) is 1. The molecule has 166 valence electrons. The Morgan fingerprint density at radius 3 is 2.48 bits per heavy atom. The highest BCUT2D eigenvalue weighted by molar-refractivity contribution is 6.06. The minimum Gasteiger partial charge on any atom is -0.465 e. The third-order valence-electron chi connectivity index (χ3n) is 7.22. The smallest absolute Gasteiger partial charge is 0.163 e. The number of hydrogen-bond acceptors (Lipinski definition) is 3. The number of carbonyl (C=O) groups excluding carboxylic acids is 2. The van der Waals surface area contributed by atoms with Gasteiger partial charge in [0.2, 0.25) is 0 Å². The van der Waals surface area contributed by atoms with Crippen molar-refractivity contribution >= 4 is 22.5 Å². The summed E-state index contributed by atoms with van der Waals surface area (Å²) >= 11 is 0. The predicted octanol–water partition coefficient (Wildman–Crippen LogP) is 6.06. The molecule has 0 saturated carbocycles. The first kappa shape index (κ1) is 20.2. The van der Waals surface area contributed by atoms with Crippen molar-refractivity contribution in [3.05, 3.63) is 94.6 Å². The van der Waals surface area contributed by atoms with Gasteiger partial charge in [0, 0.05) is 54.6 Å². The lowest BCUT2D eigenvalue weighted by atomic mass is 9.73. The van der Waals surface area contributed by atoms with Gasteiger partial charge >= 0.3 is 0 Å². The zero-order valence-corrected chi connectivity index (χ0v) is 18.8. The zero-order valence-electron chi connectivity index (χ0n) is 18.8. The first-order valence-electron chi connectivity index (χ1n) is 11.9. The average Bonchev–Trinajstić information content (AvgIpc) is 3.16. The van der Waals surface area contributed by atoms with E-state index < -0.39 is 0 Å². The van der Waals surface area contributed by atoms with Crippen LogP contribution in [0.5, 0.6) is 0 Å². The van der Waals surface area contributed by atoms with E-state index in [0.29, 0.717) is 30.5 Å². The van der Waals surface area contributed by atoms with E-state index in [1.807, 2.05) is 30.3 Å². The van der Waals surface area contributed by atoms with Gasteiger partial charge in [0.15, 0.2) is 11.6 Å². The fourth-order valence-corrected chi connectivity index (χ4v) is 5.76. The predicted molar refractivity (Wildman–Crippen MR) is 128 cm³/mol. The molecular weight excluding hydrogens is 410 g/mol. The second-order valence-corrected chi connectivity index (χ2v) is 9.62. The van der Waals surface area contributed by atoms with Crippen LogP contribution in [0.3, 0.4) is 0 Å². The van der Waals surface area contributed by atoms with E-state index in [2.05, 4.69) is 41.8 Å². The van der Waals surface area contributed by atoms with Gasteiger partial charge < -0.3 is 9.30 Å². The van der Waals surface area contributed by atoms with Crippen molar-refractivity contribution in [2.75, 3.05) is 0 Å². The summed E-state index contributed by atoms with van der Waals surface area (Å²) in [6.07, 6.45) is 3.35. The van der Waals surface area contributed by atoms with Crippen LogP contribution in [-0.4, -0.2) is 16.1 Å². The van der Waals surface area contributed by atoms with Crippen molar-refractivity contribution in [1.29, 1.82) is 0 Å². The molecule has 3 aromatic rings. The van der Waals surface area contributed by atoms with E-state index in [4.69, 9.17) is 4.74 Å². The summed E-state index contributed by atoms with van der Waals surface area (Å²) in [4.78, 5) is 26.7. The highest BCUT2D eigenvalue weighted by Gasteiger charge is 2.44. The van der Waals surface area contributed by atoms with E-state index in [9.17, 15) is 9.59 Å². The molecular formula is C29H27NO3. The van der Waals surface area contributed by atoms with Gasteiger partial charge in [0.1, 0.15) is 11.5 Å². The Hall–Kier alpha value is -3.40. The highest BCUT2D eigenvalue weighted by Crippen LogP contribution is 2.49. The number of Topliss-reactive ketones (excluding diaryl/α,β-unsaturated/α-hetero) is 2. The second-order valence-electron chi connectivity index (χ2n) is 9.62. The monoisotopic (exact) mass is 437 g/mol. The van der Waals surface area contributed by atoms with Crippen LogP contribution in [0.4, 0.5) is 0 Å². The van der Waals surface area contributed by atoms with Crippen molar-refractivity contribution in [3.63, 3.8) is 0 Å². The number of hydrogen-bond donors (Lipinski definition) is 0. The minimum absolute atomic E-state index is 0.121. The molecule has 3 aliphatic rings. The van der Waals surface area contributed by atoms with Crippen molar-refractivity contribution < 1.29 is 14.3 Å². The summed E-state index contributed by atoms with van der Waals surface area (Å²) in [5, 5.41) is 1.12. The van der Waals surface area contributed by atoms with Crippen LogP contribution < -0.4 is 0 Å². The van der Waals surface area contributed by atoms with Gasteiger partial charge in [-0.1, -0.05) is 55.5 Å². The molecule has 0 spiro atoms. The van der Waals surface area contributed by atoms with Crippen molar-refractivity contribution in [2.24, 2.45) is 5.92 Å². The molecule has 0 N–H and O–H groups in total. The number of carbonyl (C=O) groups is 2. The summed E-state index contributed by atoms with van der Waals surface area (Å²) in [5.41, 5.74) is 4.74. The quantitative estimate of drug-likeness (QED) is 0.500. The summed E-state index contributed by atoms with van der Waals surface area (Å²) in [6, 6.07) is 20.9. The average molecular weight is 438 g/mol. The van der Waals surface area contributed by atoms with Crippen LogP contribution in [0.25, 0.3) is 10.9 Å². The van der Waals surface area contributed by atoms with E-state index in [1.54, 1.807) is 0 Å². The van der Waals surface area contributed by atoms with Crippen LogP contribution in [-0.2, 0) is 20.9 Å². The van der Waals surface area contributed by atoms with Gasteiger partial charge in [0.25, 0.3) is 0 Å². The molecule has 2 unspecified atom stereocenters. The SMILES string of the molecule is CC1CC(=O)C2=C(C1)OC1=C(C(=O)CCC1)C2c1cc2ccccc2n1Cc1ccccc1. The van der Waals surface area contributed by atoms with Crippen LogP contribution in [0.2, 0.25) is 0 Å².